The summed E-state index contributed by atoms with van der Waals surface area (Å²) in [5, 5.41) is 4.50. The first-order chi connectivity index (χ1) is 9.44. The van der Waals surface area contributed by atoms with Crippen LogP contribution in [-0.4, -0.2) is 38.0 Å². The van der Waals surface area contributed by atoms with Gasteiger partial charge in [-0.15, -0.1) is 0 Å². The van der Waals surface area contributed by atoms with E-state index >= 15 is 0 Å². The van der Waals surface area contributed by atoms with Gasteiger partial charge in [0, 0.05) is 32.5 Å². The maximum atomic E-state index is 12.2. The normalized spacial score (nSPS) is 22.6. The molecule has 0 bridgehead atoms. The van der Waals surface area contributed by atoms with Crippen LogP contribution in [0.25, 0.3) is 0 Å². The van der Waals surface area contributed by atoms with E-state index < -0.39 is 0 Å². The molecule has 5 heteroatoms. The van der Waals surface area contributed by atoms with Gasteiger partial charge in [0.05, 0.1) is 10.0 Å². The third kappa shape index (κ3) is 3.27. The van der Waals surface area contributed by atoms with Crippen LogP contribution in [0.2, 0.25) is 10.0 Å². The molecule has 1 heterocycles. The Morgan fingerprint density at radius 2 is 2.10 bits per heavy atom. The van der Waals surface area contributed by atoms with Crippen molar-refractivity contribution in [2.24, 2.45) is 0 Å². The van der Waals surface area contributed by atoms with Crippen LogP contribution in [0.1, 0.15) is 24.8 Å². The van der Waals surface area contributed by atoms with Gasteiger partial charge < -0.3 is 10.2 Å². The second-order valence-corrected chi connectivity index (χ2v) is 6.47. The lowest BCUT2D eigenvalue weighted by molar-refractivity contribution is -0.130. The highest BCUT2D eigenvalue weighted by Gasteiger charge is 2.36. The summed E-state index contributed by atoms with van der Waals surface area (Å²) in [7, 11) is 3.59. The van der Waals surface area contributed by atoms with E-state index in [1.54, 1.807) is 19.0 Å². The average Bonchev–Trinajstić information content (AvgIpc) is 2.42. The van der Waals surface area contributed by atoms with Crippen molar-refractivity contribution >= 4 is 29.1 Å². The molecule has 20 heavy (non-hydrogen) atoms. The quantitative estimate of drug-likeness (QED) is 0.929. The Balaban J connectivity index is 2.35. The summed E-state index contributed by atoms with van der Waals surface area (Å²) < 4.78 is 0. The van der Waals surface area contributed by atoms with Gasteiger partial charge in [0.15, 0.2) is 0 Å². The van der Waals surface area contributed by atoms with Gasteiger partial charge >= 0.3 is 0 Å². The number of hydrogen-bond donors (Lipinski definition) is 1. The molecule has 1 aromatic rings. The van der Waals surface area contributed by atoms with Crippen molar-refractivity contribution in [3.63, 3.8) is 0 Å². The van der Waals surface area contributed by atoms with E-state index in [-0.39, 0.29) is 11.3 Å². The van der Waals surface area contributed by atoms with Crippen LogP contribution in [0.15, 0.2) is 18.2 Å². The fourth-order valence-electron chi connectivity index (χ4n) is 2.74. The number of halogens is 2. The molecule has 0 aliphatic carbocycles. The van der Waals surface area contributed by atoms with Gasteiger partial charge in [0.1, 0.15) is 0 Å². The van der Waals surface area contributed by atoms with Crippen molar-refractivity contribution in [3.05, 3.63) is 33.8 Å². The SMILES string of the molecule is CN(C)C(=O)CC1(c2ccc(Cl)c(Cl)c2)CCCNC1. The van der Waals surface area contributed by atoms with Crippen LogP contribution in [-0.2, 0) is 10.2 Å². The molecule has 1 aliphatic heterocycles. The van der Waals surface area contributed by atoms with Crippen molar-refractivity contribution in [3.8, 4) is 0 Å². The Labute approximate surface area is 130 Å². The summed E-state index contributed by atoms with van der Waals surface area (Å²) >= 11 is 12.1. The predicted molar refractivity (Wildman–Crippen MR) is 83.6 cm³/mol. The van der Waals surface area contributed by atoms with E-state index in [9.17, 15) is 4.79 Å². The van der Waals surface area contributed by atoms with E-state index in [1.807, 2.05) is 18.2 Å². The van der Waals surface area contributed by atoms with Gasteiger partial charge in [-0.2, -0.15) is 0 Å². The van der Waals surface area contributed by atoms with Crippen LogP contribution in [0, 0.1) is 0 Å². The van der Waals surface area contributed by atoms with Crippen molar-refractivity contribution in [1.82, 2.24) is 10.2 Å². The molecule has 3 nitrogen and oxygen atoms in total. The molecule has 0 aromatic heterocycles. The molecular formula is C15H20Cl2N2O. The number of benzene rings is 1. The zero-order valence-electron chi connectivity index (χ0n) is 11.9. The Hall–Kier alpha value is -0.770. The number of carbonyl (C=O) groups is 1. The molecule has 1 aliphatic rings. The largest absolute Gasteiger partial charge is 0.349 e. The Bertz CT molecular complexity index is 497. The lowest BCUT2D eigenvalue weighted by Crippen LogP contribution is -2.46. The minimum absolute atomic E-state index is 0.139. The van der Waals surface area contributed by atoms with Crippen molar-refractivity contribution in [2.45, 2.75) is 24.7 Å². The minimum atomic E-state index is -0.187. The van der Waals surface area contributed by atoms with Crippen LogP contribution >= 0.6 is 23.2 Å². The third-order valence-electron chi connectivity index (χ3n) is 3.99. The van der Waals surface area contributed by atoms with Crippen molar-refractivity contribution < 1.29 is 4.79 Å². The molecule has 1 amide bonds. The van der Waals surface area contributed by atoms with Crippen molar-refractivity contribution in [1.29, 1.82) is 0 Å². The van der Waals surface area contributed by atoms with Gasteiger partial charge in [0.25, 0.3) is 0 Å². The lowest BCUT2D eigenvalue weighted by Gasteiger charge is -2.38. The Morgan fingerprint density at radius 1 is 1.35 bits per heavy atom. The topological polar surface area (TPSA) is 32.3 Å². The van der Waals surface area contributed by atoms with E-state index in [1.165, 1.54) is 0 Å². The molecule has 110 valence electrons. The fraction of sp³-hybridized carbons (Fsp3) is 0.533. The number of hydrogen-bond acceptors (Lipinski definition) is 2. The highest BCUT2D eigenvalue weighted by molar-refractivity contribution is 6.42. The number of amides is 1. The molecule has 0 saturated carbocycles. The van der Waals surface area contributed by atoms with Gasteiger partial charge in [-0.05, 0) is 37.1 Å². The molecule has 1 unspecified atom stereocenters. The molecule has 0 spiro atoms. The monoisotopic (exact) mass is 314 g/mol. The third-order valence-corrected chi connectivity index (χ3v) is 4.73. The summed E-state index contributed by atoms with van der Waals surface area (Å²) in [6, 6.07) is 5.71. The molecule has 2 rings (SSSR count). The van der Waals surface area contributed by atoms with Gasteiger partial charge in [0.2, 0.25) is 5.91 Å². The Kier molecular flexibility index (Phi) is 4.95. The number of carbonyl (C=O) groups excluding carboxylic acids is 1. The van der Waals surface area contributed by atoms with Gasteiger partial charge in [-0.3, -0.25) is 4.79 Å². The molecule has 1 N–H and O–H groups in total. The smallest absolute Gasteiger partial charge is 0.222 e. The molecule has 1 saturated heterocycles. The van der Waals surface area contributed by atoms with Crippen LogP contribution in [0.5, 0.6) is 0 Å². The number of rotatable bonds is 3. The predicted octanol–water partition coefficient (Wildman–Crippen LogP) is 3.09. The van der Waals surface area contributed by atoms with E-state index in [0.29, 0.717) is 16.5 Å². The number of nitrogens with one attached hydrogen (secondary N) is 1. The molecule has 1 atom stereocenters. The van der Waals surface area contributed by atoms with E-state index in [0.717, 1.165) is 31.5 Å². The van der Waals surface area contributed by atoms with Crippen molar-refractivity contribution in [2.75, 3.05) is 27.2 Å². The van der Waals surface area contributed by atoms with Crippen LogP contribution in [0.3, 0.4) is 0 Å². The zero-order valence-corrected chi connectivity index (χ0v) is 13.4. The summed E-state index contributed by atoms with van der Waals surface area (Å²) in [5.74, 6) is 0.139. The minimum Gasteiger partial charge on any atom is -0.349 e. The first kappa shape index (κ1) is 15.6. The van der Waals surface area contributed by atoms with Gasteiger partial charge in [-0.1, -0.05) is 29.3 Å². The maximum absolute atomic E-state index is 12.2. The highest BCUT2D eigenvalue weighted by atomic mass is 35.5. The highest BCUT2D eigenvalue weighted by Crippen LogP contribution is 2.37. The first-order valence-electron chi connectivity index (χ1n) is 6.81. The van der Waals surface area contributed by atoms with E-state index in [2.05, 4.69) is 5.32 Å². The van der Waals surface area contributed by atoms with Crippen LogP contribution < -0.4 is 5.32 Å². The summed E-state index contributed by atoms with van der Waals surface area (Å²) in [4.78, 5) is 13.8. The van der Waals surface area contributed by atoms with Gasteiger partial charge in [-0.25, -0.2) is 0 Å². The number of piperidine rings is 1. The standard InChI is InChI=1S/C15H20Cl2N2O/c1-19(2)14(20)9-15(6-3-7-18-10-15)11-4-5-12(16)13(17)8-11/h4-5,8,18H,3,6-7,9-10H2,1-2H3. The molecule has 1 fully saturated rings. The maximum Gasteiger partial charge on any atom is 0.222 e. The zero-order chi connectivity index (χ0) is 14.8. The Morgan fingerprint density at radius 3 is 2.65 bits per heavy atom. The lowest BCUT2D eigenvalue weighted by atomic mass is 9.72. The second-order valence-electron chi connectivity index (χ2n) is 5.65. The van der Waals surface area contributed by atoms with E-state index in [4.69, 9.17) is 23.2 Å². The first-order valence-corrected chi connectivity index (χ1v) is 7.57. The second kappa shape index (κ2) is 6.33. The summed E-state index contributed by atoms with van der Waals surface area (Å²) in [6.45, 7) is 1.80. The van der Waals surface area contributed by atoms with Crippen LogP contribution in [0.4, 0.5) is 0 Å². The summed E-state index contributed by atoms with van der Waals surface area (Å²) in [5.41, 5.74) is 0.905. The average molecular weight is 315 g/mol. The molecule has 0 radical (unpaired) electrons. The molecular weight excluding hydrogens is 295 g/mol. The molecule has 1 aromatic carbocycles. The fourth-order valence-corrected chi connectivity index (χ4v) is 3.04. The summed E-state index contributed by atoms with van der Waals surface area (Å²) in [6.07, 6.45) is 2.53. The number of nitrogens with zero attached hydrogens (tertiary/aromatic N) is 1.